The first-order chi connectivity index (χ1) is 51.1. The van der Waals surface area contributed by atoms with Crippen molar-refractivity contribution >= 4 is 90.0 Å². The molecule has 0 spiro atoms. The molecule has 1 saturated carbocycles. The second kappa shape index (κ2) is 29.7. The van der Waals surface area contributed by atoms with Crippen LogP contribution in [0.1, 0.15) is 123 Å². The van der Waals surface area contributed by atoms with Crippen molar-refractivity contribution in [3.05, 3.63) is 159 Å². The van der Waals surface area contributed by atoms with Gasteiger partial charge >= 0.3 is 12.4 Å². The van der Waals surface area contributed by atoms with Gasteiger partial charge in [-0.1, -0.05) is 0 Å². The topological polar surface area (TPSA) is 349 Å². The van der Waals surface area contributed by atoms with Crippen LogP contribution in [0.3, 0.4) is 0 Å². The van der Waals surface area contributed by atoms with Gasteiger partial charge in [-0.3, -0.25) is 18.7 Å². The van der Waals surface area contributed by atoms with Crippen LogP contribution in [0.4, 0.5) is 84.5 Å². The maximum absolute atomic E-state index is 13.1. The van der Waals surface area contributed by atoms with E-state index in [0.717, 1.165) is 104 Å². The van der Waals surface area contributed by atoms with Gasteiger partial charge in [0, 0.05) is 101 Å². The van der Waals surface area contributed by atoms with Gasteiger partial charge in [0.15, 0.2) is 0 Å². The van der Waals surface area contributed by atoms with Crippen LogP contribution in [0.2, 0.25) is 0 Å². The lowest BCUT2D eigenvalue weighted by atomic mass is 9.87. The van der Waals surface area contributed by atoms with Gasteiger partial charge in [-0.25, -0.2) is 34.9 Å². The summed E-state index contributed by atoms with van der Waals surface area (Å²) in [5.74, 6) is 4.33. The number of alkyl halides is 6. The maximum Gasteiger partial charge on any atom is 0.421 e. The molecular weight excluding hydrogens is 1530 g/mol. The third-order valence-electron chi connectivity index (χ3n) is 19.1. The summed E-state index contributed by atoms with van der Waals surface area (Å²) in [4.78, 5) is 48.0. The van der Waals surface area contributed by atoms with Crippen LogP contribution in [0, 0.1) is 27.7 Å². The Kier molecular flexibility index (Phi) is 20.6. The number of aryl methyl sites for hydroxylation is 6. The number of aromatic nitrogens is 25. The molecule has 6 N–H and O–H groups in total. The molecule has 562 valence electrons. The predicted octanol–water partition coefficient (Wildman–Crippen LogP) is 12.2. The number of nitrogens with zero attached hydrogens (tertiary/aromatic N) is 25. The zero-order valence-corrected chi connectivity index (χ0v) is 62.9. The number of hydrogen-bond acceptors (Lipinski definition) is 25. The zero-order chi connectivity index (χ0) is 75.9. The molecule has 0 saturated heterocycles. The fourth-order valence-electron chi connectivity index (χ4n) is 13.0. The molecule has 12 aromatic rings. The van der Waals surface area contributed by atoms with Crippen molar-refractivity contribution in [1.82, 2.24) is 123 Å². The number of methoxy groups -OCH3 is 2. The monoisotopic (exact) mass is 1610 g/mol. The van der Waals surface area contributed by atoms with Crippen molar-refractivity contribution in [3.8, 4) is 11.8 Å². The summed E-state index contributed by atoms with van der Waals surface area (Å²) in [7, 11) is 4.53. The van der Waals surface area contributed by atoms with E-state index < -0.39 is 34.6 Å². The number of ether oxygens (including phenoxy) is 2. The summed E-state index contributed by atoms with van der Waals surface area (Å²) in [6.45, 7) is 18.6. The summed E-state index contributed by atoms with van der Waals surface area (Å²) in [5.41, 5.74) is 3.39. The van der Waals surface area contributed by atoms with Crippen molar-refractivity contribution in [3.63, 3.8) is 0 Å². The van der Waals surface area contributed by atoms with Gasteiger partial charge in [0.05, 0.1) is 112 Å². The summed E-state index contributed by atoms with van der Waals surface area (Å²) in [6, 6.07) is 0.700. The molecule has 107 heavy (non-hydrogen) atoms. The first kappa shape index (κ1) is 74.2. The number of hydrogen-bond donors (Lipinski definition) is 6. The van der Waals surface area contributed by atoms with E-state index in [9.17, 15) is 26.3 Å². The van der Waals surface area contributed by atoms with Gasteiger partial charge in [0.1, 0.15) is 56.9 Å². The molecule has 3 aliphatic heterocycles. The highest BCUT2D eigenvalue weighted by Crippen LogP contribution is 2.44. The van der Waals surface area contributed by atoms with E-state index in [1.807, 2.05) is 83.6 Å². The van der Waals surface area contributed by atoms with E-state index in [0.29, 0.717) is 74.0 Å². The molecule has 12 aromatic heterocycles. The molecule has 0 bridgehead atoms. The van der Waals surface area contributed by atoms with Crippen LogP contribution in [0.5, 0.6) is 11.8 Å². The molecule has 0 aromatic carbocycles. The minimum absolute atomic E-state index is 0.0538. The summed E-state index contributed by atoms with van der Waals surface area (Å²) >= 11 is 6.70. The summed E-state index contributed by atoms with van der Waals surface area (Å²) in [5, 5.41) is 44.3. The Balaban J connectivity index is 0.000000126. The van der Waals surface area contributed by atoms with Gasteiger partial charge < -0.3 is 55.1 Å². The van der Waals surface area contributed by atoms with Gasteiger partial charge in [-0.15, -0.1) is 0 Å². The predicted molar refractivity (Wildman–Crippen MR) is 387 cm³/mol. The van der Waals surface area contributed by atoms with Gasteiger partial charge in [-0.2, -0.15) is 81.7 Å². The van der Waals surface area contributed by atoms with Crippen LogP contribution < -0.4 is 41.4 Å². The van der Waals surface area contributed by atoms with E-state index in [-0.39, 0.29) is 29.1 Å². The van der Waals surface area contributed by atoms with Crippen molar-refractivity contribution in [2.75, 3.05) is 59.7 Å². The van der Waals surface area contributed by atoms with Crippen LogP contribution in [-0.2, 0) is 48.6 Å². The summed E-state index contributed by atoms with van der Waals surface area (Å²) in [6.07, 6.45) is 22.4. The zero-order valence-electron chi connectivity index (χ0n) is 59.8. The highest BCUT2D eigenvalue weighted by atomic mass is 79.9. The standard InChI is InChI=1S/C18H21F3N8.C17H19F3N8.C16H18BrN7O.C15H17BrN8O/c1-4-22-14-12(18(19,20)21)9-24-16(26-14)25-13-10-29(27-11(13)2)17(3)5-7-28-8-6-23-15(17)28;1-10-12(24-15-23-8-11(17(18,19)20)13(21-3)25-15)9-28(26-10)16(2)4-6-27-7-5-22-14(16)27;1-10-12(20-15-19-8-11(17)13(21-15)25-3)9-24(22-10)16(2)4-6-23-7-5-18-14(16)23;1-9-13(21-15-17-7-12(16)14(22-15)25-2)8-20-23(9)10-5-11(6-10)24-18-3-4-19-24/h6,8-10H,4-5,7H2,1-3H3,(H2,22,24,25,26);5,7-9H,4,6H2,1-3H3,(H2,21,23,24,25);5,7-9H,4,6H2,1-3H3,(H,19,20,21);3-4,7-8,10-11H,5-6H2,1-2H3,(H,17,21,22). The van der Waals surface area contributed by atoms with E-state index in [2.05, 4.69) is 179 Å². The van der Waals surface area contributed by atoms with Crippen LogP contribution >= 0.6 is 31.9 Å². The van der Waals surface area contributed by atoms with Crippen molar-refractivity contribution in [2.45, 2.75) is 148 Å². The number of imidazole rings is 3. The first-order valence-corrected chi connectivity index (χ1v) is 35.4. The molecule has 15 heterocycles. The molecule has 3 unspecified atom stereocenters. The van der Waals surface area contributed by atoms with E-state index in [4.69, 9.17) is 14.6 Å². The van der Waals surface area contributed by atoms with E-state index in [1.165, 1.54) is 7.05 Å². The molecule has 3 atom stereocenters. The van der Waals surface area contributed by atoms with E-state index >= 15 is 0 Å². The van der Waals surface area contributed by atoms with Crippen LogP contribution in [0.25, 0.3) is 0 Å². The number of halogens is 8. The Labute approximate surface area is 624 Å². The number of fused-ring (bicyclic) bond motifs is 3. The second-order valence-electron chi connectivity index (χ2n) is 26.1. The largest absolute Gasteiger partial charge is 0.480 e. The lowest BCUT2D eigenvalue weighted by molar-refractivity contribution is -0.138. The second-order valence-corrected chi connectivity index (χ2v) is 27.8. The van der Waals surface area contributed by atoms with Crippen molar-refractivity contribution in [2.24, 2.45) is 0 Å². The molecule has 16 rings (SSSR count). The van der Waals surface area contributed by atoms with Crippen molar-refractivity contribution < 1.29 is 35.8 Å². The van der Waals surface area contributed by atoms with Gasteiger partial charge in [0.2, 0.25) is 35.6 Å². The smallest absolute Gasteiger partial charge is 0.421 e. The van der Waals surface area contributed by atoms with Gasteiger partial charge in [-0.05, 0) is 119 Å². The minimum Gasteiger partial charge on any atom is -0.480 e. The lowest BCUT2D eigenvalue weighted by Gasteiger charge is -2.35. The Morgan fingerprint density at radius 1 is 0.495 bits per heavy atom. The van der Waals surface area contributed by atoms with E-state index in [1.54, 1.807) is 75.5 Å². The molecule has 1 fully saturated rings. The normalized spacial score (nSPS) is 19.0. The molecule has 41 heteroatoms. The molecule has 0 radical (unpaired) electrons. The molecule has 0 amide bonds. The highest BCUT2D eigenvalue weighted by molar-refractivity contribution is 9.10. The van der Waals surface area contributed by atoms with Crippen LogP contribution in [0.15, 0.2) is 108 Å². The Bertz CT molecular complexity index is 5130. The molecule has 4 aliphatic rings. The Morgan fingerprint density at radius 3 is 1.27 bits per heavy atom. The third-order valence-corrected chi connectivity index (χ3v) is 20.2. The average Bonchev–Trinajstić information content (AvgIpc) is 1.61. The third kappa shape index (κ3) is 15.0. The number of anilines is 10. The first-order valence-electron chi connectivity index (χ1n) is 33.8. The fraction of sp³-hybridized carbons (Fsp3) is 0.409. The SMILES string of the molecule is CCNc1nc(Nc2cn(C3(C)CCn4ccnc43)nc2C)ncc1C(F)(F)F.CNc1nc(Nc2cn(C3(C)CCn4ccnc43)nc2C)ncc1C(F)(F)F.COc1nc(Nc2cn(C3(C)CCn4ccnc43)nc2C)ncc1Br.COc1nc(Nc2cnn(C3CC(n4nccn4)C3)c2C)ncc1Br. The number of nitrogens with one attached hydrogen (secondary N) is 6. The van der Waals surface area contributed by atoms with Crippen molar-refractivity contribution in [1.29, 1.82) is 0 Å². The number of rotatable bonds is 18. The fourth-order valence-corrected chi connectivity index (χ4v) is 13.7. The minimum atomic E-state index is -4.53. The molecule has 33 nitrogen and oxygen atoms in total. The van der Waals surface area contributed by atoms with Crippen LogP contribution in [-0.4, -0.2) is 150 Å². The quantitative estimate of drug-likeness (QED) is 0.0435. The maximum atomic E-state index is 13.1. The average molecular weight is 1610 g/mol. The molecular formula is C66H75Br2F6N31O2. The molecule has 1 aliphatic carbocycles. The van der Waals surface area contributed by atoms with Gasteiger partial charge in [0.25, 0.3) is 0 Å². The Morgan fingerprint density at radius 2 is 0.879 bits per heavy atom. The Hall–Kier alpha value is -11.1. The lowest BCUT2D eigenvalue weighted by Crippen LogP contribution is -2.31. The summed E-state index contributed by atoms with van der Waals surface area (Å²) < 4.78 is 104. The highest BCUT2D eigenvalue weighted by Gasteiger charge is 2.43.